The molecule has 1 heterocycles. The van der Waals surface area contributed by atoms with E-state index in [1.165, 1.54) is 11.1 Å². The van der Waals surface area contributed by atoms with Gasteiger partial charge in [0.05, 0.1) is 6.54 Å². The quantitative estimate of drug-likeness (QED) is 0.903. The van der Waals surface area contributed by atoms with E-state index < -0.39 is 0 Å². The van der Waals surface area contributed by atoms with Crippen LogP contribution in [-0.2, 0) is 13.0 Å². The first-order chi connectivity index (χ1) is 8.72. The van der Waals surface area contributed by atoms with Crippen molar-refractivity contribution in [3.05, 3.63) is 58.0 Å². The van der Waals surface area contributed by atoms with Crippen LogP contribution in [0.5, 0.6) is 0 Å². The normalized spacial score (nSPS) is 18.0. The first kappa shape index (κ1) is 11.8. The summed E-state index contributed by atoms with van der Waals surface area (Å²) >= 11 is 6.01. The van der Waals surface area contributed by atoms with Gasteiger partial charge in [0.2, 0.25) is 0 Å². The lowest BCUT2D eigenvalue weighted by Gasteiger charge is -2.13. The molecule has 1 aliphatic carbocycles. The fourth-order valence-corrected chi connectivity index (χ4v) is 2.80. The number of hydrogen-bond donors (Lipinski definition) is 1. The lowest BCUT2D eigenvalue weighted by molar-refractivity contribution is 0.434. The fourth-order valence-electron chi connectivity index (χ4n) is 2.60. The largest absolute Gasteiger partial charge is 0.465 e. The van der Waals surface area contributed by atoms with Gasteiger partial charge in [0.15, 0.2) is 0 Å². The van der Waals surface area contributed by atoms with Gasteiger partial charge in [0.1, 0.15) is 11.5 Å². The molecule has 0 amide bonds. The highest BCUT2D eigenvalue weighted by atomic mass is 35.5. The topological polar surface area (TPSA) is 25.2 Å². The molecule has 0 aliphatic heterocycles. The number of hydrogen-bond acceptors (Lipinski definition) is 2. The molecule has 0 spiro atoms. The van der Waals surface area contributed by atoms with Crippen LogP contribution >= 0.6 is 11.6 Å². The molecule has 0 bridgehead atoms. The number of halogens is 1. The van der Waals surface area contributed by atoms with Crippen LogP contribution in [0.3, 0.4) is 0 Å². The second-order valence-electron chi connectivity index (χ2n) is 4.83. The molecule has 1 aromatic heterocycles. The number of nitrogens with one attached hydrogen (secondary N) is 1. The van der Waals surface area contributed by atoms with Gasteiger partial charge in [0.25, 0.3) is 0 Å². The average Bonchev–Trinajstić information content (AvgIpc) is 2.92. The Kier molecular flexibility index (Phi) is 3.14. The summed E-state index contributed by atoms with van der Waals surface area (Å²) < 4.78 is 5.57. The first-order valence-electron chi connectivity index (χ1n) is 6.29. The fraction of sp³-hybridized carbons (Fsp3) is 0.333. The molecule has 3 rings (SSSR count). The third-order valence-corrected chi connectivity index (χ3v) is 3.74. The van der Waals surface area contributed by atoms with Crippen molar-refractivity contribution in [2.75, 3.05) is 0 Å². The molecule has 0 radical (unpaired) electrons. The van der Waals surface area contributed by atoms with Crippen molar-refractivity contribution in [1.29, 1.82) is 0 Å². The lowest BCUT2D eigenvalue weighted by Crippen LogP contribution is -2.18. The van der Waals surface area contributed by atoms with Crippen molar-refractivity contribution < 1.29 is 4.42 Å². The molecule has 3 heteroatoms. The van der Waals surface area contributed by atoms with Gasteiger partial charge in [-0.25, -0.2) is 0 Å². The summed E-state index contributed by atoms with van der Waals surface area (Å²) in [6.07, 6.45) is 2.24. The lowest BCUT2D eigenvalue weighted by atomic mass is 10.1. The van der Waals surface area contributed by atoms with Crippen LogP contribution in [-0.4, -0.2) is 0 Å². The van der Waals surface area contributed by atoms with Gasteiger partial charge in [-0.05, 0) is 55.2 Å². The second kappa shape index (κ2) is 4.79. The Bertz CT molecular complexity index is 561. The van der Waals surface area contributed by atoms with Gasteiger partial charge in [-0.2, -0.15) is 0 Å². The Morgan fingerprint density at radius 1 is 1.33 bits per heavy atom. The molecule has 0 saturated carbocycles. The van der Waals surface area contributed by atoms with Crippen molar-refractivity contribution in [2.24, 2.45) is 0 Å². The molecule has 1 aromatic carbocycles. The van der Waals surface area contributed by atoms with Crippen molar-refractivity contribution in [3.63, 3.8) is 0 Å². The van der Waals surface area contributed by atoms with Crippen molar-refractivity contribution in [2.45, 2.75) is 32.4 Å². The minimum absolute atomic E-state index is 0.419. The van der Waals surface area contributed by atoms with Crippen molar-refractivity contribution in [1.82, 2.24) is 5.32 Å². The maximum absolute atomic E-state index is 6.01. The summed E-state index contributed by atoms with van der Waals surface area (Å²) in [6.45, 7) is 2.75. The minimum atomic E-state index is 0.419. The van der Waals surface area contributed by atoms with Crippen LogP contribution in [0, 0.1) is 6.92 Å². The van der Waals surface area contributed by atoms with Crippen LogP contribution in [0.4, 0.5) is 0 Å². The predicted octanol–water partition coefficient (Wildman–Crippen LogP) is 4.02. The highest BCUT2D eigenvalue weighted by Crippen LogP contribution is 2.33. The van der Waals surface area contributed by atoms with E-state index in [2.05, 4.69) is 17.4 Å². The predicted molar refractivity (Wildman–Crippen MR) is 72.8 cm³/mol. The van der Waals surface area contributed by atoms with E-state index in [-0.39, 0.29) is 0 Å². The van der Waals surface area contributed by atoms with E-state index in [1.807, 2.05) is 25.1 Å². The summed E-state index contributed by atoms with van der Waals surface area (Å²) in [6, 6.07) is 10.6. The third kappa shape index (κ3) is 2.31. The first-order valence-corrected chi connectivity index (χ1v) is 6.67. The van der Waals surface area contributed by atoms with Gasteiger partial charge in [0, 0.05) is 11.1 Å². The van der Waals surface area contributed by atoms with E-state index in [0.29, 0.717) is 6.04 Å². The van der Waals surface area contributed by atoms with Crippen LogP contribution < -0.4 is 5.32 Å². The number of fused-ring (bicyclic) bond motifs is 1. The number of aryl methyl sites for hydroxylation is 2. The highest BCUT2D eigenvalue weighted by Gasteiger charge is 2.22. The van der Waals surface area contributed by atoms with Gasteiger partial charge in [-0.15, -0.1) is 0 Å². The Hall–Kier alpha value is -1.25. The van der Waals surface area contributed by atoms with Crippen LogP contribution in [0.2, 0.25) is 5.02 Å². The maximum atomic E-state index is 6.01. The zero-order valence-corrected chi connectivity index (χ0v) is 11.1. The van der Waals surface area contributed by atoms with E-state index in [0.717, 1.165) is 35.9 Å². The van der Waals surface area contributed by atoms with E-state index >= 15 is 0 Å². The van der Waals surface area contributed by atoms with Crippen molar-refractivity contribution >= 4 is 11.6 Å². The number of benzene rings is 1. The minimum Gasteiger partial charge on any atom is -0.465 e. The Morgan fingerprint density at radius 3 is 3.00 bits per heavy atom. The molecule has 0 fully saturated rings. The van der Waals surface area contributed by atoms with E-state index in [4.69, 9.17) is 16.0 Å². The van der Waals surface area contributed by atoms with Gasteiger partial charge < -0.3 is 9.73 Å². The van der Waals surface area contributed by atoms with Crippen LogP contribution in [0.15, 0.2) is 34.7 Å². The van der Waals surface area contributed by atoms with Crippen LogP contribution in [0.1, 0.15) is 35.1 Å². The van der Waals surface area contributed by atoms with E-state index in [9.17, 15) is 0 Å². The molecule has 1 N–H and O–H groups in total. The Balaban J connectivity index is 1.69. The number of furan rings is 1. The summed E-state index contributed by atoms with van der Waals surface area (Å²) in [5, 5.41) is 4.38. The Morgan fingerprint density at radius 2 is 2.22 bits per heavy atom. The third-order valence-electron chi connectivity index (χ3n) is 3.50. The second-order valence-corrected chi connectivity index (χ2v) is 5.26. The molecule has 0 saturated heterocycles. The molecular weight excluding hydrogens is 246 g/mol. The van der Waals surface area contributed by atoms with Gasteiger partial charge in [-0.3, -0.25) is 0 Å². The summed E-state index contributed by atoms with van der Waals surface area (Å²) in [5.41, 5.74) is 2.75. The maximum Gasteiger partial charge on any atom is 0.117 e. The summed E-state index contributed by atoms with van der Waals surface area (Å²) in [4.78, 5) is 0. The molecule has 18 heavy (non-hydrogen) atoms. The smallest absolute Gasteiger partial charge is 0.117 e. The van der Waals surface area contributed by atoms with Gasteiger partial charge >= 0.3 is 0 Å². The SMILES string of the molecule is Cc1ccc(CNC2CCc3cc(Cl)ccc32)o1. The molecule has 1 aliphatic rings. The molecule has 1 atom stereocenters. The van der Waals surface area contributed by atoms with E-state index in [1.54, 1.807) is 0 Å². The molecule has 1 unspecified atom stereocenters. The zero-order chi connectivity index (χ0) is 12.5. The van der Waals surface area contributed by atoms with Crippen molar-refractivity contribution in [3.8, 4) is 0 Å². The molecular formula is C15H16ClNO. The summed E-state index contributed by atoms with van der Waals surface area (Å²) in [7, 11) is 0. The Labute approximate surface area is 112 Å². The number of rotatable bonds is 3. The zero-order valence-electron chi connectivity index (χ0n) is 10.4. The standard InChI is InChI=1S/C15H16ClNO/c1-10-2-5-13(18-10)9-17-15-7-3-11-8-12(16)4-6-14(11)15/h2,4-6,8,15,17H,3,7,9H2,1H3. The van der Waals surface area contributed by atoms with Gasteiger partial charge in [-0.1, -0.05) is 17.7 Å². The monoisotopic (exact) mass is 261 g/mol. The summed E-state index contributed by atoms with van der Waals surface area (Å²) in [5.74, 6) is 1.96. The highest BCUT2D eigenvalue weighted by molar-refractivity contribution is 6.30. The van der Waals surface area contributed by atoms with Crippen LogP contribution in [0.25, 0.3) is 0 Å². The molecule has 94 valence electrons. The average molecular weight is 262 g/mol. The molecule has 2 nitrogen and oxygen atoms in total. The molecule has 2 aromatic rings.